The van der Waals surface area contributed by atoms with Gasteiger partial charge < -0.3 is 4.74 Å². The minimum absolute atomic E-state index is 0.0570. The van der Waals surface area contributed by atoms with Crippen LogP contribution in [0.3, 0.4) is 0 Å². The van der Waals surface area contributed by atoms with Crippen LogP contribution in [0.1, 0.15) is 18.4 Å². The van der Waals surface area contributed by atoms with Gasteiger partial charge in [-0.2, -0.15) is 4.98 Å². The Kier molecular flexibility index (Phi) is 4.63. The molecule has 0 radical (unpaired) electrons. The van der Waals surface area contributed by atoms with Crippen molar-refractivity contribution in [2.24, 2.45) is 5.92 Å². The summed E-state index contributed by atoms with van der Waals surface area (Å²) >= 11 is 0. The smallest absolute Gasteiger partial charge is 0.249 e. The van der Waals surface area contributed by atoms with E-state index in [-0.39, 0.29) is 23.5 Å². The summed E-state index contributed by atoms with van der Waals surface area (Å²) in [6.07, 6.45) is 1.81. The standard InChI is InChI=1S/C23H19FN4O2/c24-18-13-17(11-12-20(18)30-14-15-5-2-1-3-6-15)19-7-4-8-21-25-23(27-28(19)21)26-22(29)16-9-10-16/h1-8,11-13,16H,9-10,14H2,(H,26,27,29). The molecule has 0 aliphatic heterocycles. The van der Waals surface area contributed by atoms with Crippen molar-refractivity contribution in [1.82, 2.24) is 14.6 Å². The molecule has 6 nitrogen and oxygen atoms in total. The quantitative estimate of drug-likeness (QED) is 0.517. The van der Waals surface area contributed by atoms with E-state index in [9.17, 15) is 9.18 Å². The third kappa shape index (κ3) is 3.74. The number of rotatable bonds is 6. The number of aromatic nitrogens is 3. The van der Waals surface area contributed by atoms with Gasteiger partial charge in [-0.3, -0.25) is 10.1 Å². The number of amides is 1. The van der Waals surface area contributed by atoms with Gasteiger partial charge in [0.15, 0.2) is 17.2 Å². The highest BCUT2D eigenvalue weighted by Crippen LogP contribution is 2.30. The van der Waals surface area contributed by atoms with Crippen molar-refractivity contribution in [2.45, 2.75) is 19.4 Å². The molecule has 0 saturated heterocycles. The molecule has 1 aliphatic carbocycles. The highest BCUT2D eigenvalue weighted by Gasteiger charge is 2.30. The van der Waals surface area contributed by atoms with E-state index < -0.39 is 5.82 Å². The number of hydrogen-bond donors (Lipinski definition) is 1. The molecule has 1 saturated carbocycles. The maximum atomic E-state index is 14.7. The SMILES string of the molecule is O=C(Nc1nc2cccc(-c3ccc(OCc4ccccc4)c(F)c3)n2n1)C1CC1. The number of carbonyl (C=O) groups excluding carboxylic acids is 1. The van der Waals surface area contributed by atoms with Gasteiger partial charge in [-0.25, -0.2) is 8.91 Å². The zero-order valence-corrected chi connectivity index (χ0v) is 16.1. The molecule has 1 aliphatic rings. The average Bonchev–Trinajstić information content (AvgIpc) is 3.53. The summed E-state index contributed by atoms with van der Waals surface area (Å²) in [5, 5.41) is 7.14. The summed E-state index contributed by atoms with van der Waals surface area (Å²) in [6, 6.07) is 19.9. The van der Waals surface area contributed by atoms with E-state index in [1.165, 1.54) is 6.07 Å². The lowest BCUT2D eigenvalue weighted by atomic mass is 10.1. The lowest BCUT2D eigenvalue weighted by Crippen LogP contribution is -2.14. The largest absolute Gasteiger partial charge is 0.486 e. The van der Waals surface area contributed by atoms with Gasteiger partial charge in [0.05, 0.1) is 5.69 Å². The van der Waals surface area contributed by atoms with Crippen LogP contribution in [0.25, 0.3) is 16.9 Å². The van der Waals surface area contributed by atoms with Crippen LogP contribution in [-0.2, 0) is 11.4 Å². The van der Waals surface area contributed by atoms with Crippen LogP contribution in [0.2, 0.25) is 0 Å². The number of hydrogen-bond acceptors (Lipinski definition) is 4. The highest BCUT2D eigenvalue weighted by molar-refractivity contribution is 5.92. The monoisotopic (exact) mass is 402 g/mol. The van der Waals surface area contributed by atoms with Gasteiger partial charge in [0.2, 0.25) is 11.9 Å². The van der Waals surface area contributed by atoms with Gasteiger partial charge >= 0.3 is 0 Å². The molecular formula is C23H19FN4O2. The number of fused-ring (bicyclic) bond motifs is 1. The molecule has 2 heterocycles. The molecule has 1 amide bonds. The molecule has 0 atom stereocenters. The molecule has 0 spiro atoms. The number of anilines is 1. The number of halogens is 1. The second kappa shape index (κ2) is 7.59. The molecule has 4 aromatic rings. The first-order valence-corrected chi connectivity index (χ1v) is 9.81. The Morgan fingerprint density at radius 1 is 1.10 bits per heavy atom. The third-order valence-corrected chi connectivity index (χ3v) is 5.01. The normalized spacial score (nSPS) is 13.4. The number of nitrogens with zero attached hydrogens (tertiary/aromatic N) is 3. The van der Waals surface area contributed by atoms with Gasteiger partial charge in [-0.05, 0) is 48.7 Å². The van der Waals surface area contributed by atoms with Crippen LogP contribution >= 0.6 is 0 Å². The van der Waals surface area contributed by atoms with E-state index in [0.717, 1.165) is 18.4 Å². The van der Waals surface area contributed by atoms with Crippen molar-refractivity contribution >= 4 is 17.5 Å². The molecular weight excluding hydrogens is 383 g/mol. The Morgan fingerprint density at radius 2 is 1.93 bits per heavy atom. The molecule has 0 bridgehead atoms. The Morgan fingerprint density at radius 3 is 2.70 bits per heavy atom. The summed E-state index contributed by atoms with van der Waals surface area (Å²) in [4.78, 5) is 16.3. The third-order valence-electron chi connectivity index (χ3n) is 5.01. The van der Waals surface area contributed by atoms with Gasteiger partial charge in [0.25, 0.3) is 0 Å². The molecule has 0 unspecified atom stereocenters. The molecule has 1 N–H and O–H groups in total. The summed E-state index contributed by atoms with van der Waals surface area (Å²) < 4.78 is 21.9. The van der Waals surface area contributed by atoms with Crippen LogP contribution in [0.15, 0.2) is 66.7 Å². The predicted molar refractivity (Wildman–Crippen MR) is 111 cm³/mol. The fraction of sp³-hybridized carbons (Fsp3) is 0.174. The van der Waals surface area contributed by atoms with E-state index in [2.05, 4.69) is 15.4 Å². The number of nitrogens with one attached hydrogen (secondary N) is 1. The maximum Gasteiger partial charge on any atom is 0.249 e. The first-order valence-electron chi connectivity index (χ1n) is 9.81. The minimum Gasteiger partial charge on any atom is -0.486 e. The highest BCUT2D eigenvalue weighted by atomic mass is 19.1. The van der Waals surface area contributed by atoms with E-state index in [1.807, 2.05) is 42.5 Å². The van der Waals surface area contributed by atoms with Crippen LogP contribution in [0, 0.1) is 11.7 Å². The first-order chi connectivity index (χ1) is 14.7. The van der Waals surface area contributed by atoms with E-state index in [1.54, 1.807) is 22.7 Å². The van der Waals surface area contributed by atoms with E-state index in [4.69, 9.17) is 4.74 Å². The molecule has 1 fully saturated rings. The molecule has 150 valence electrons. The zero-order valence-electron chi connectivity index (χ0n) is 16.1. The Balaban J connectivity index is 1.39. The van der Waals surface area contributed by atoms with E-state index in [0.29, 0.717) is 23.5 Å². The lowest BCUT2D eigenvalue weighted by molar-refractivity contribution is -0.117. The number of ether oxygens (including phenoxy) is 1. The van der Waals surface area contributed by atoms with Crippen molar-refractivity contribution in [2.75, 3.05) is 5.32 Å². The fourth-order valence-electron chi connectivity index (χ4n) is 3.25. The van der Waals surface area contributed by atoms with Crippen molar-refractivity contribution < 1.29 is 13.9 Å². The van der Waals surface area contributed by atoms with Crippen LogP contribution in [0.5, 0.6) is 5.75 Å². The predicted octanol–water partition coefficient (Wildman–Crippen LogP) is 4.46. The molecule has 2 aromatic heterocycles. The second-order valence-corrected chi connectivity index (χ2v) is 7.30. The Labute approximate surface area is 172 Å². The molecule has 30 heavy (non-hydrogen) atoms. The summed E-state index contributed by atoms with van der Waals surface area (Å²) in [7, 11) is 0. The summed E-state index contributed by atoms with van der Waals surface area (Å²) in [5.41, 5.74) is 2.84. The van der Waals surface area contributed by atoms with Crippen molar-refractivity contribution in [3.63, 3.8) is 0 Å². The number of carbonyl (C=O) groups is 1. The summed E-state index contributed by atoms with van der Waals surface area (Å²) in [5.74, 6) is -0.0109. The first kappa shape index (κ1) is 18.3. The van der Waals surface area contributed by atoms with Crippen molar-refractivity contribution in [1.29, 1.82) is 0 Å². The zero-order chi connectivity index (χ0) is 20.5. The topological polar surface area (TPSA) is 68.5 Å². The minimum atomic E-state index is -0.456. The van der Waals surface area contributed by atoms with E-state index >= 15 is 0 Å². The van der Waals surface area contributed by atoms with Crippen LogP contribution < -0.4 is 10.1 Å². The second-order valence-electron chi connectivity index (χ2n) is 7.30. The van der Waals surface area contributed by atoms with Gasteiger partial charge in [-0.1, -0.05) is 36.4 Å². The number of benzene rings is 2. The summed E-state index contributed by atoms with van der Waals surface area (Å²) in [6.45, 7) is 0.291. The Hall–Kier alpha value is -3.74. The molecule has 5 rings (SSSR count). The van der Waals surface area contributed by atoms with Gasteiger partial charge in [0.1, 0.15) is 6.61 Å². The van der Waals surface area contributed by atoms with Crippen LogP contribution in [0.4, 0.5) is 10.3 Å². The van der Waals surface area contributed by atoms with Gasteiger partial charge in [-0.15, -0.1) is 5.10 Å². The molecule has 7 heteroatoms. The van der Waals surface area contributed by atoms with Crippen molar-refractivity contribution in [3.05, 3.63) is 78.1 Å². The maximum absolute atomic E-state index is 14.7. The Bertz CT molecular complexity index is 1220. The average molecular weight is 402 g/mol. The lowest BCUT2D eigenvalue weighted by Gasteiger charge is -2.09. The molecule has 2 aromatic carbocycles. The van der Waals surface area contributed by atoms with Crippen molar-refractivity contribution in [3.8, 4) is 17.0 Å². The van der Waals surface area contributed by atoms with Crippen LogP contribution in [-0.4, -0.2) is 20.5 Å². The fourth-order valence-corrected chi connectivity index (χ4v) is 3.25. The van der Waals surface area contributed by atoms with Gasteiger partial charge in [0, 0.05) is 11.5 Å². The number of pyridine rings is 1.